The molecule has 2 rings (SSSR count). The average Bonchev–Trinajstić information content (AvgIpc) is 2.44. The van der Waals surface area contributed by atoms with Gasteiger partial charge in [-0.15, -0.1) is 12.4 Å². The molecule has 1 amide bonds. The second kappa shape index (κ2) is 9.01. The van der Waals surface area contributed by atoms with E-state index in [1.165, 1.54) is 0 Å². The van der Waals surface area contributed by atoms with Gasteiger partial charge >= 0.3 is 0 Å². The lowest BCUT2D eigenvalue weighted by Gasteiger charge is -2.30. The third-order valence-electron chi connectivity index (χ3n) is 3.90. The number of carbonyl (C=O) groups is 1. The van der Waals surface area contributed by atoms with E-state index in [0.717, 1.165) is 30.7 Å². The maximum atomic E-state index is 12.4. The molecular weight excluding hydrogens is 300 g/mol. The number of piperidine rings is 1. The minimum absolute atomic E-state index is 0. The zero-order chi connectivity index (χ0) is 15.2. The zero-order valence-electron chi connectivity index (χ0n) is 13.6. The first-order valence-electron chi connectivity index (χ1n) is 7.85. The number of aryl methyl sites for hydroxylation is 1. The van der Waals surface area contributed by atoms with E-state index in [4.69, 9.17) is 4.74 Å². The van der Waals surface area contributed by atoms with Gasteiger partial charge in [0.1, 0.15) is 5.75 Å². The highest BCUT2D eigenvalue weighted by Gasteiger charge is 2.24. The van der Waals surface area contributed by atoms with Crippen molar-refractivity contribution in [3.05, 3.63) is 29.8 Å². The van der Waals surface area contributed by atoms with Crippen molar-refractivity contribution in [2.24, 2.45) is 0 Å². The molecule has 0 aliphatic carbocycles. The lowest BCUT2D eigenvalue weighted by molar-refractivity contribution is -0.129. The van der Waals surface area contributed by atoms with Crippen LogP contribution < -0.4 is 15.4 Å². The van der Waals surface area contributed by atoms with E-state index in [-0.39, 0.29) is 24.4 Å². The number of amides is 1. The fraction of sp³-hybridized carbons (Fsp3) is 0.588. The first kappa shape index (κ1) is 18.8. The normalized spacial score (nSPS) is 22.3. The number of rotatable bonds is 5. The molecule has 1 fully saturated rings. The van der Waals surface area contributed by atoms with E-state index in [9.17, 15) is 4.79 Å². The molecule has 124 valence electrons. The molecule has 0 aromatic heterocycles. The van der Waals surface area contributed by atoms with Crippen LogP contribution in [0.4, 0.5) is 0 Å². The zero-order valence-corrected chi connectivity index (χ0v) is 14.4. The van der Waals surface area contributed by atoms with Crippen molar-refractivity contribution >= 4 is 18.3 Å². The SMILES string of the molecule is CCC(Oc1cccc(C)c1)C(=O)NC1CCNC(C)C1.Cl. The van der Waals surface area contributed by atoms with Crippen LogP contribution in [0.25, 0.3) is 0 Å². The van der Waals surface area contributed by atoms with Gasteiger partial charge in [0.25, 0.3) is 5.91 Å². The number of carbonyl (C=O) groups excluding carboxylic acids is 1. The highest BCUT2D eigenvalue weighted by atomic mass is 35.5. The van der Waals surface area contributed by atoms with E-state index in [0.29, 0.717) is 12.5 Å². The molecular formula is C17H27ClN2O2. The van der Waals surface area contributed by atoms with Crippen molar-refractivity contribution in [3.63, 3.8) is 0 Å². The lowest BCUT2D eigenvalue weighted by Crippen LogP contribution is -2.50. The third kappa shape index (κ3) is 5.50. The second-order valence-electron chi connectivity index (χ2n) is 5.92. The van der Waals surface area contributed by atoms with Crippen molar-refractivity contribution in [3.8, 4) is 5.75 Å². The summed E-state index contributed by atoms with van der Waals surface area (Å²) in [5.74, 6) is 0.758. The first-order valence-corrected chi connectivity index (χ1v) is 7.85. The number of halogens is 1. The second-order valence-corrected chi connectivity index (χ2v) is 5.92. The summed E-state index contributed by atoms with van der Waals surface area (Å²) < 4.78 is 5.85. The Morgan fingerprint density at radius 3 is 2.91 bits per heavy atom. The van der Waals surface area contributed by atoms with Crippen molar-refractivity contribution in [1.82, 2.24) is 10.6 Å². The Hall–Kier alpha value is -1.26. The summed E-state index contributed by atoms with van der Waals surface area (Å²) in [5.41, 5.74) is 1.13. The molecule has 1 aromatic carbocycles. The standard InChI is InChI=1S/C17H26N2O2.ClH/c1-4-16(21-15-7-5-6-12(2)10-15)17(20)19-14-8-9-18-13(3)11-14;/h5-7,10,13-14,16,18H,4,8-9,11H2,1-3H3,(H,19,20);1H. The van der Waals surface area contributed by atoms with E-state index in [1.54, 1.807) is 0 Å². The maximum absolute atomic E-state index is 12.4. The molecule has 3 atom stereocenters. The monoisotopic (exact) mass is 326 g/mol. The molecule has 1 aliphatic rings. The van der Waals surface area contributed by atoms with Crippen LogP contribution in [0.1, 0.15) is 38.7 Å². The van der Waals surface area contributed by atoms with Gasteiger partial charge in [0.2, 0.25) is 0 Å². The summed E-state index contributed by atoms with van der Waals surface area (Å²) in [6.07, 6.45) is 2.21. The largest absolute Gasteiger partial charge is 0.481 e. The van der Waals surface area contributed by atoms with Gasteiger partial charge in [0.15, 0.2) is 6.10 Å². The Morgan fingerprint density at radius 1 is 1.50 bits per heavy atom. The summed E-state index contributed by atoms with van der Waals surface area (Å²) in [6, 6.07) is 8.54. The average molecular weight is 327 g/mol. The van der Waals surface area contributed by atoms with Gasteiger partial charge in [0.05, 0.1) is 0 Å². The number of hydrogen-bond donors (Lipinski definition) is 2. The Morgan fingerprint density at radius 2 is 2.27 bits per heavy atom. The molecule has 22 heavy (non-hydrogen) atoms. The van der Waals surface area contributed by atoms with Gasteiger partial charge in [-0.2, -0.15) is 0 Å². The van der Waals surface area contributed by atoms with Crippen LogP contribution in [0.15, 0.2) is 24.3 Å². The number of hydrogen-bond acceptors (Lipinski definition) is 3. The number of nitrogens with one attached hydrogen (secondary N) is 2. The van der Waals surface area contributed by atoms with E-state index < -0.39 is 6.10 Å². The number of benzene rings is 1. The molecule has 1 heterocycles. The van der Waals surface area contributed by atoms with Crippen molar-refractivity contribution in [1.29, 1.82) is 0 Å². The van der Waals surface area contributed by atoms with E-state index >= 15 is 0 Å². The van der Waals surface area contributed by atoms with Crippen molar-refractivity contribution in [2.45, 2.75) is 58.2 Å². The molecule has 1 aromatic rings. The lowest BCUT2D eigenvalue weighted by atomic mass is 10.0. The molecule has 2 N–H and O–H groups in total. The summed E-state index contributed by atoms with van der Waals surface area (Å²) in [6.45, 7) is 7.11. The van der Waals surface area contributed by atoms with Crippen LogP contribution in [0.5, 0.6) is 5.75 Å². The minimum atomic E-state index is -0.419. The molecule has 0 bridgehead atoms. The number of ether oxygens (including phenoxy) is 1. The summed E-state index contributed by atoms with van der Waals surface area (Å²) in [4.78, 5) is 12.4. The Kier molecular flexibility index (Phi) is 7.69. The van der Waals surface area contributed by atoms with E-state index in [2.05, 4.69) is 17.6 Å². The van der Waals surface area contributed by atoms with Gasteiger partial charge in [-0.3, -0.25) is 4.79 Å². The fourth-order valence-corrected chi connectivity index (χ4v) is 2.73. The summed E-state index contributed by atoms with van der Waals surface area (Å²) in [5, 5.41) is 6.52. The van der Waals surface area contributed by atoms with Crippen molar-refractivity contribution in [2.75, 3.05) is 6.54 Å². The van der Waals surface area contributed by atoms with Crippen LogP contribution in [0.2, 0.25) is 0 Å². The minimum Gasteiger partial charge on any atom is -0.481 e. The Balaban J connectivity index is 0.00000242. The predicted octanol–water partition coefficient (Wildman–Crippen LogP) is 2.83. The first-order chi connectivity index (χ1) is 10.1. The van der Waals surface area contributed by atoms with Crippen LogP contribution in [-0.2, 0) is 4.79 Å². The quantitative estimate of drug-likeness (QED) is 0.874. The van der Waals surface area contributed by atoms with Crippen LogP contribution >= 0.6 is 12.4 Å². The third-order valence-corrected chi connectivity index (χ3v) is 3.90. The summed E-state index contributed by atoms with van der Waals surface area (Å²) in [7, 11) is 0. The fourth-order valence-electron chi connectivity index (χ4n) is 2.73. The molecule has 3 unspecified atom stereocenters. The predicted molar refractivity (Wildman–Crippen MR) is 91.8 cm³/mol. The van der Waals surface area contributed by atoms with Gasteiger partial charge in [-0.05, 0) is 57.4 Å². The molecule has 1 aliphatic heterocycles. The Labute approximate surface area is 139 Å². The highest BCUT2D eigenvalue weighted by molar-refractivity contribution is 5.85. The van der Waals surface area contributed by atoms with Gasteiger partial charge < -0.3 is 15.4 Å². The van der Waals surface area contributed by atoms with Crippen LogP contribution in [-0.4, -0.2) is 30.6 Å². The highest BCUT2D eigenvalue weighted by Crippen LogP contribution is 2.16. The van der Waals surface area contributed by atoms with Gasteiger partial charge in [-0.1, -0.05) is 19.1 Å². The smallest absolute Gasteiger partial charge is 0.261 e. The molecule has 4 nitrogen and oxygen atoms in total. The van der Waals surface area contributed by atoms with Crippen LogP contribution in [0.3, 0.4) is 0 Å². The molecule has 0 saturated carbocycles. The molecule has 5 heteroatoms. The van der Waals surface area contributed by atoms with Crippen LogP contribution in [0, 0.1) is 6.92 Å². The molecule has 1 saturated heterocycles. The van der Waals surface area contributed by atoms with Gasteiger partial charge in [0, 0.05) is 12.1 Å². The molecule has 0 spiro atoms. The maximum Gasteiger partial charge on any atom is 0.261 e. The van der Waals surface area contributed by atoms with E-state index in [1.807, 2.05) is 38.1 Å². The van der Waals surface area contributed by atoms with Crippen molar-refractivity contribution < 1.29 is 9.53 Å². The van der Waals surface area contributed by atoms with Gasteiger partial charge in [-0.25, -0.2) is 0 Å². The molecule has 0 radical (unpaired) electrons. The Bertz CT molecular complexity index is 481. The topological polar surface area (TPSA) is 50.4 Å². The summed E-state index contributed by atoms with van der Waals surface area (Å²) >= 11 is 0.